The van der Waals surface area contributed by atoms with Crippen LogP contribution in [0.3, 0.4) is 0 Å². The standard InChI is InChI=1S/C15H22N6O2/c1-2-20-13(11-4-3-7-16-8-11)18-21(15(20)22)9-12-17-14(23-19-12)10-5-6-10/h10-11,16H,2-9H2,1H3. The van der Waals surface area contributed by atoms with Gasteiger partial charge < -0.3 is 9.84 Å². The van der Waals surface area contributed by atoms with Crippen molar-refractivity contribution in [1.82, 2.24) is 29.8 Å². The van der Waals surface area contributed by atoms with Crippen LogP contribution in [0.5, 0.6) is 0 Å². The van der Waals surface area contributed by atoms with Gasteiger partial charge in [0.25, 0.3) is 0 Å². The molecule has 8 heteroatoms. The lowest BCUT2D eigenvalue weighted by atomic mass is 9.99. The first-order chi connectivity index (χ1) is 11.3. The maximum Gasteiger partial charge on any atom is 0.346 e. The van der Waals surface area contributed by atoms with Crippen LogP contribution in [-0.2, 0) is 13.1 Å². The van der Waals surface area contributed by atoms with E-state index in [-0.39, 0.29) is 12.2 Å². The van der Waals surface area contributed by atoms with Crippen LogP contribution in [0.15, 0.2) is 9.32 Å². The third-order valence-electron chi connectivity index (χ3n) is 4.63. The van der Waals surface area contributed by atoms with Crippen LogP contribution in [0.1, 0.15) is 62.0 Å². The minimum atomic E-state index is -0.0918. The predicted molar refractivity (Wildman–Crippen MR) is 82.4 cm³/mol. The molecule has 0 radical (unpaired) electrons. The summed E-state index contributed by atoms with van der Waals surface area (Å²) in [7, 11) is 0. The number of hydrogen-bond acceptors (Lipinski definition) is 6. The highest BCUT2D eigenvalue weighted by Crippen LogP contribution is 2.38. The SMILES string of the molecule is CCn1c(C2CCCNC2)nn(Cc2noc(C3CC3)n2)c1=O. The van der Waals surface area contributed by atoms with Crippen molar-refractivity contribution in [3.05, 3.63) is 28.0 Å². The molecule has 1 saturated heterocycles. The van der Waals surface area contributed by atoms with E-state index in [4.69, 9.17) is 4.52 Å². The maximum absolute atomic E-state index is 12.6. The third-order valence-corrected chi connectivity index (χ3v) is 4.63. The summed E-state index contributed by atoms with van der Waals surface area (Å²) in [5.41, 5.74) is -0.0918. The number of hydrogen-bond donors (Lipinski definition) is 1. The van der Waals surface area contributed by atoms with Gasteiger partial charge in [0.05, 0.1) is 0 Å². The highest BCUT2D eigenvalue weighted by atomic mass is 16.5. The largest absolute Gasteiger partial charge is 0.346 e. The highest BCUT2D eigenvalue weighted by Gasteiger charge is 2.30. The van der Waals surface area contributed by atoms with Crippen LogP contribution in [0.25, 0.3) is 0 Å². The average molecular weight is 318 g/mol. The molecule has 1 saturated carbocycles. The highest BCUT2D eigenvalue weighted by molar-refractivity contribution is 5.03. The number of aromatic nitrogens is 5. The minimum absolute atomic E-state index is 0.0918. The van der Waals surface area contributed by atoms with Crippen molar-refractivity contribution in [3.8, 4) is 0 Å². The van der Waals surface area contributed by atoms with E-state index in [9.17, 15) is 4.79 Å². The maximum atomic E-state index is 12.6. The van der Waals surface area contributed by atoms with Gasteiger partial charge >= 0.3 is 5.69 Å². The molecule has 4 rings (SSSR count). The first kappa shape index (κ1) is 14.6. The Hall–Kier alpha value is -1.96. The Kier molecular flexibility index (Phi) is 3.76. The normalized spacial score (nSPS) is 21.7. The first-order valence-electron chi connectivity index (χ1n) is 8.47. The lowest BCUT2D eigenvalue weighted by Crippen LogP contribution is -2.31. The minimum Gasteiger partial charge on any atom is -0.339 e. The Morgan fingerprint density at radius 3 is 2.87 bits per heavy atom. The molecule has 1 aliphatic carbocycles. The van der Waals surface area contributed by atoms with Crippen LogP contribution >= 0.6 is 0 Å². The number of piperidine rings is 1. The summed E-state index contributed by atoms with van der Waals surface area (Å²) in [6.07, 6.45) is 4.41. The molecular formula is C15H22N6O2. The van der Waals surface area contributed by atoms with Gasteiger partial charge in [-0.05, 0) is 39.2 Å². The van der Waals surface area contributed by atoms with E-state index in [0.717, 1.165) is 44.6 Å². The van der Waals surface area contributed by atoms with Gasteiger partial charge in [0, 0.05) is 24.9 Å². The van der Waals surface area contributed by atoms with Crippen LogP contribution in [-0.4, -0.2) is 37.6 Å². The van der Waals surface area contributed by atoms with Gasteiger partial charge in [-0.15, -0.1) is 0 Å². The van der Waals surface area contributed by atoms with Crippen molar-refractivity contribution in [3.63, 3.8) is 0 Å². The molecule has 0 spiro atoms. The molecule has 0 amide bonds. The molecule has 8 nitrogen and oxygen atoms in total. The molecular weight excluding hydrogens is 296 g/mol. The summed E-state index contributed by atoms with van der Waals surface area (Å²) in [4.78, 5) is 17.0. The molecule has 0 aromatic carbocycles. The summed E-state index contributed by atoms with van der Waals surface area (Å²) < 4.78 is 8.49. The van der Waals surface area contributed by atoms with Gasteiger partial charge in [-0.25, -0.2) is 9.48 Å². The molecule has 124 valence electrons. The molecule has 2 aromatic heterocycles. The second-order valence-electron chi connectivity index (χ2n) is 6.41. The zero-order chi connectivity index (χ0) is 15.8. The Morgan fingerprint density at radius 1 is 1.30 bits per heavy atom. The van der Waals surface area contributed by atoms with E-state index in [1.165, 1.54) is 4.68 Å². The Labute approximate surface area is 133 Å². The van der Waals surface area contributed by atoms with Crippen molar-refractivity contribution >= 4 is 0 Å². The lowest BCUT2D eigenvalue weighted by molar-refractivity contribution is 0.371. The van der Waals surface area contributed by atoms with E-state index < -0.39 is 0 Å². The summed E-state index contributed by atoms with van der Waals surface area (Å²) >= 11 is 0. The zero-order valence-electron chi connectivity index (χ0n) is 13.4. The average Bonchev–Trinajstić information content (AvgIpc) is 3.25. The van der Waals surface area contributed by atoms with Gasteiger partial charge in [-0.3, -0.25) is 4.57 Å². The topological polar surface area (TPSA) is 90.8 Å². The van der Waals surface area contributed by atoms with Crippen LogP contribution in [0, 0.1) is 0 Å². The zero-order valence-corrected chi connectivity index (χ0v) is 13.4. The summed E-state index contributed by atoms with van der Waals surface area (Å²) in [5.74, 6) is 2.81. The fraction of sp³-hybridized carbons (Fsp3) is 0.733. The molecule has 23 heavy (non-hydrogen) atoms. The monoisotopic (exact) mass is 318 g/mol. The second-order valence-corrected chi connectivity index (χ2v) is 6.41. The Morgan fingerprint density at radius 2 is 2.17 bits per heavy atom. The van der Waals surface area contributed by atoms with Crippen LogP contribution in [0.2, 0.25) is 0 Å². The number of rotatable bonds is 5. The van der Waals surface area contributed by atoms with Crippen molar-refractivity contribution < 1.29 is 4.52 Å². The fourth-order valence-corrected chi connectivity index (χ4v) is 3.19. The molecule has 1 atom stereocenters. The fourth-order valence-electron chi connectivity index (χ4n) is 3.19. The molecule has 3 heterocycles. The van der Waals surface area contributed by atoms with E-state index in [1.807, 2.05) is 6.92 Å². The molecule has 2 fully saturated rings. The van der Waals surface area contributed by atoms with Gasteiger partial charge in [0.15, 0.2) is 5.82 Å². The number of nitrogens with one attached hydrogen (secondary N) is 1. The smallest absolute Gasteiger partial charge is 0.339 e. The molecule has 1 N–H and O–H groups in total. The third kappa shape index (κ3) is 2.83. The summed E-state index contributed by atoms with van der Waals surface area (Å²) in [6, 6.07) is 0. The van der Waals surface area contributed by atoms with Gasteiger partial charge in [-0.1, -0.05) is 5.16 Å². The van der Waals surface area contributed by atoms with Crippen molar-refractivity contribution in [2.45, 2.75) is 57.5 Å². The van der Waals surface area contributed by atoms with Gasteiger partial charge in [0.1, 0.15) is 12.4 Å². The number of nitrogens with zero attached hydrogens (tertiary/aromatic N) is 5. The van der Waals surface area contributed by atoms with Gasteiger partial charge in [-0.2, -0.15) is 10.1 Å². The van der Waals surface area contributed by atoms with E-state index in [1.54, 1.807) is 4.57 Å². The van der Waals surface area contributed by atoms with Crippen LogP contribution in [0.4, 0.5) is 0 Å². The van der Waals surface area contributed by atoms with Crippen molar-refractivity contribution in [2.75, 3.05) is 13.1 Å². The Bertz CT molecular complexity index is 735. The van der Waals surface area contributed by atoms with Gasteiger partial charge in [0.2, 0.25) is 5.89 Å². The lowest BCUT2D eigenvalue weighted by Gasteiger charge is -2.21. The van der Waals surface area contributed by atoms with Crippen molar-refractivity contribution in [2.24, 2.45) is 0 Å². The molecule has 2 aliphatic rings. The van der Waals surface area contributed by atoms with Crippen LogP contribution < -0.4 is 11.0 Å². The Balaban J connectivity index is 1.59. The van der Waals surface area contributed by atoms with E-state index >= 15 is 0 Å². The van der Waals surface area contributed by atoms with E-state index in [0.29, 0.717) is 30.1 Å². The summed E-state index contributed by atoms with van der Waals surface area (Å²) in [6.45, 7) is 4.80. The second kappa shape index (κ2) is 5.92. The first-order valence-corrected chi connectivity index (χ1v) is 8.47. The molecule has 0 bridgehead atoms. The quantitative estimate of drug-likeness (QED) is 0.878. The summed E-state index contributed by atoms with van der Waals surface area (Å²) in [5, 5.41) is 11.9. The molecule has 1 unspecified atom stereocenters. The van der Waals surface area contributed by atoms with Crippen molar-refractivity contribution in [1.29, 1.82) is 0 Å². The van der Waals surface area contributed by atoms with E-state index in [2.05, 4.69) is 20.6 Å². The molecule has 1 aliphatic heterocycles. The predicted octanol–water partition coefficient (Wildman–Crippen LogP) is 0.840. The molecule has 2 aromatic rings.